The van der Waals surface area contributed by atoms with Crippen LogP contribution in [0, 0.1) is 28.6 Å². The molecule has 0 aromatic rings. The molecular weight excluding hydrogens is 560 g/mol. The number of aliphatic hydroxyl groups excluding tert-OH is 1. The van der Waals surface area contributed by atoms with Crippen molar-refractivity contribution in [2.45, 2.75) is 136 Å². The van der Waals surface area contributed by atoms with Crippen molar-refractivity contribution in [2.24, 2.45) is 28.6 Å². The van der Waals surface area contributed by atoms with Gasteiger partial charge in [-0.15, -0.1) is 0 Å². The first-order valence-electron chi connectivity index (χ1n) is 16.6. The highest BCUT2D eigenvalue weighted by Gasteiger charge is 2.89. The summed E-state index contributed by atoms with van der Waals surface area (Å²) in [5.74, 6) is -3.54. The number of fused-ring (bicyclic) bond motifs is 5. The lowest BCUT2D eigenvalue weighted by molar-refractivity contribution is -0.249. The van der Waals surface area contributed by atoms with Gasteiger partial charge in [-0.05, 0) is 38.3 Å². The molecule has 0 saturated heterocycles. The normalized spacial score (nSPS) is 38.9. The zero-order valence-corrected chi connectivity index (χ0v) is 28.0. The van der Waals surface area contributed by atoms with Gasteiger partial charge in [-0.2, -0.15) is 0 Å². The number of ketones is 1. The minimum atomic E-state index is -2.01. The van der Waals surface area contributed by atoms with E-state index in [1.165, 1.54) is 19.3 Å². The maximum atomic E-state index is 13.5. The van der Waals surface area contributed by atoms with E-state index in [2.05, 4.69) is 6.92 Å². The van der Waals surface area contributed by atoms with E-state index >= 15 is 0 Å². The highest BCUT2D eigenvalue weighted by atomic mass is 16.6. The number of hydrogen-bond donors (Lipinski definition) is 3. The molecule has 4 rings (SSSR count). The third-order valence-corrected chi connectivity index (χ3v) is 11.9. The van der Waals surface area contributed by atoms with Crippen LogP contribution >= 0.6 is 0 Å². The molecule has 8 nitrogen and oxygen atoms in total. The smallest absolute Gasteiger partial charge is 0.333 e. The van der Waals surface area contributed by atoms with Gasteiger partial charge in [0.25, 0.3) is 0 Å². The largest absolute Gasteiger partial charge is 0.454 e. The molecule has 3 N–H and O–H groups in total. The molecule has 44 heavy (non-hydrogen) atoms. The van der Waals surface area contributed by atoms with Crippen molar-refractivity contribution in [3.8, 4) is 0 Å². The Morgan fingerprint density at radius 2 is 1.68 bits per heavy atom. The molecule has 8 atom stereocenters. The van der Waals surface area contributed by atoms with E-state index in [1.54, 1.807) is 52.8 Å². The molecule has 0 spiro atoms. The van der Waals surface area contributed by atoms with Crippen molar-refractivity contribution in [1.29, 1.82) is 0 Å². The van der Waals surface area contributed by atoms with Crippen molar-refractivity contribution in [2.75, 3.05) is 6.61 Å². The summed E-state index contributed by atoms with van der Waals surface area (Å²) in [6.45, 7) is 14.1. The lowest BCUT2D eigenvalue weighted by Gasteiger charge is -2.58. The average Bonchev–Trinajstić information content (AvgIpc) is 3.42. The third kappa shape index (κ3) is 4.85. The number of unbranched alkanes of at least 4 members (excludes halogenated alkanes) is 6. The molecule has 4 aliphatic carbocycles. The number of carbonyl (C=O) groups excluding carboxylic acids is 3. The van der Waals surface area contributed by atoms with Gasteiger partial charge in [-0.3, -0.25) is 9.59 Å². The Bertz CT molecular complexity index is 1260. The van der Waals surface area contributed by atoms with Gasteiger partial charge >= 0.3 is 11.9 Å². The summed E-state index contributed by atoms with van der Waals surface area (Å²) < 4.78 is 12.7. The highest BCUT2D eigenvalue weighted by Crippen LogP contribution is 2.78. The van der Waals surface area contributed by atoms with E-state index in [1.807, 2.05) is 13.8 Å². The second kappa shape index (κ2) is 12.1. The standard InChI is InChI=1S/C36H54O8/c1-9-11-12-13-14-15-16-17-27(38)44-36-28(32(36,6)7)26-18-25(21-37)20-34(41)29(39)23(4)19-33(34,8)35(26,42)24(5)30(36)43-31(40)22(3)10-2/h10,18-19,24,26,28,30,37,41-42H,9,11-17,20-21H2,1-8H3/b22-10+/t24-,26+,28-,30-,33-,34+,35-,36-/m1/s1. The predicted octanol–water partition coefficient (Wildman–Crippen LogP) is 5.53. The van der Waals surface area contributed by atoms with E-state index in [0.29, 0.717) is 23.1 Å². The molecule has 246 valence electrons. The topological polar surface area (TPSA) is 130 Å². The summed E-state index contributed by atoms with van der Waals surface area (Å²) in [7, 11) is 0. The summed E-state index contributed by atoms with van der Waals surface area (Å²) in [6, 6.07) is 0. The fraction of sp³-hybridized carbons (Fsp3) is 0.750. The molecule has 0 bridgehead atoms. The lowest BCUT2D eigenvalue weighted by Crippen LogP contribution is -2.70. The summed E-state index contributed by atoms with van der Waals surface area (Å²) in [6.07, 6.45) is 11.5. The molecule has 4 aliphatic rings. The maximum Gasteiger partial charge on any atom is 0.333 e. The van der Waals surface area contributed by atoms with Gasteiger partial charge in [0.15, 0.2) is 11.4 Å². The Morgan fingerprint density at radius 3 is 2.27 bits per heavy atom. The first-order valence-corrected chi connectivity index (χ1v) is 16.6. The summed E-state index contributed by atoms with van der Waals surface area (Å²) in [5.41, 5.74) is -6.12. The van der Waals surface area contributed by atoms with Gasteiger partial charge in [0.05, 0.1) is 17.6 Å². The number of allylic oxidation sites excluding steroid dienone is 1. The Balaban J connectivity index is 1.77. The number of aliphatic hydroxyl groups is 3. The quantitative estimate of drug-likeness (QED) is 0.113. The Morgan fingerprint density at radius 1 is 1.07 bits per heavy atom. The second-order valence-corrected chi connectivity index (χ2v) is 14.7. The number of ether oxygens (including phenoxy) is 2. The van der Waals surface area contributed by atoms with Crippen LogP contribution in [0.1, 0.15) is 113 Å². The lowest BCUT2D eigenvalue weighted by atomic mass is 9.52. The van der Waals surface area contributed by atoms with Gasteiger partial charge < -0.3 is 24.8 Å². The minimum Gasteiger partial charge on any atom is -0.454 e. The van der Waals surface area contributed by atoms with Crippen LogP contribution in [-0.4, -0.2) is 62.6 Å². The van der Waals surface area contributed by atoms with Crippen LogP contribution in [0.4, 0.5) is 0 Å². The van der Waals surface area contributed by atoms with Gasteiger partial charge in [0, 0.05) is 41.6 Å². The van der Waals surface area contributed by atoms with Crippen molar-refractivity contribution in [1.82, 2.24) is 0 Å². The number of carbonyl (C=O) groups is 3. The molecule has 0 amide bonds. The molecule has 0 aliphatic heterocycles. The van der Waals surface area contributed by atoms with E-state index in [4.69, 9.17) is 9.47 Å². The van der Waals surface area contributed by atoms with Crippen molar-refractivity contribution in [3.63, 3.8) is 0 Å². The van der Waals surface area contributed by atoms with Gasteiger partial charge in [-0.1, -0.05) is 91.4 Å². The van der Waals surface area contributed by atoms with E-state index in [-0.39, 0.29) is 18.8 Å². The fourth-order valence-electron chi connectivity index (χ4n) is 9.13. The molecule has 0 aromatic heterocycles. The number of rotatable bonds is 12. The van der Waals surface area contributed by atoms with E-state index in [9.17, 15) is 29.7 Å². The minimum absolute atomic E-state index is 0.140. The Kier molecular flexibility index (Phi) is 9.54. The van der Waals surface area contributed by atoms with Gasteiger partial charge in [-0.25, -0.2) is 4.79 Å². The Labute approximate surface area is 263 Å². The van der Waals surface area contributed by atoms with Gasteiger partial charge in [0.2, 0.25) is 0 Å². The first-order chi connectivity index (χ1) is 20.5. The highest BCUT2D eigenvalue weighted by molar-refractivity contribution is 6.05. The zero-order chi connectivity index (χ0) is 32.9. The van der Waals surface area contributed by atoms with Crippen LogP contribution < -0.4 is 0 Å². The van der Waals surface area contributed by atoms with Crippen LogP contribution in [0.2, 0.25) is 0 Å². The summed E-state index contributed by atoms with van der Waals surface area (Å²) >= 11 is 0. The Hall–Kier alpha value is -2.29. The SMILES string of the molecule is C/C=C(\C)C(=O)O[C@@H]1[C@@H](C)[C@@]2(O)[C@@H](C=C(CO)C[C@]3(O)C(=O)C(C)=C[C@@]23C)[C@@H]2C(C)(C)[C@]12OC(=O)CCCCCCCCC. The number of esters is 2. The third-order valence-electron chi connectivity index (χ3n) is 11.9. The molecular formula is C36H54O8. The second-order valence-electron chi connectivity index (χ2n) is 14.7. The van der Waals surface area contributed by atoms with E-state index < -0.39 is 69.9 Å². The van der Waals surface area contributed by atoms with Gasteiger partial charge in [0.1, 0.15) is 11.7 Å². The molecule has 2 fully saturated rings. The monoisotopic (exact) mass is 614 g/mol. The van der Waals surface area contributed by atoms with Crippen LogP contribution in [-0.2, 0) is 23.9 Å². The first kappa shape index (κ1) is 34.6. The van der Waals surface area contributed by atoms with Crippen molar-refractivity contribution < 1.29 is 39.2 Å². The molecule has 0 heterocycles. The molecule has 0 aromatic carbocycles. The van der Waals surface area contributed by atoms with Crippen molar-refractivity contribution in [3.05, 3.63) is 34.9 Å². The van der Waals surface area contributed by atoms with E-state index in [0.717, 1.165) is 19.3 Å². The van der Waals surface area contributed by atoms with Crippen molar-refractivity contribution >= 4 is 17.7 Å². The van der Waals surface area contributed by atoms with Crippen LogP contribution in [0.15, 0.2) is 34.9 Å². The molecule has 0 radical (unpaired) electrons. The predicted molar refractivity (Wildman–Crippen MR) is 167 cm³/mol. The van der Waals surface area contributed by atoms with Crippen LogP contribution in [0.5, 0.6) is 0 Å². The number of hydrogen-bond acceptors (Lipinski definition) is 8. The molecule has 8 heteroatoms. The van der Waals surface area contributed by atoms with Crippen LogP contribution in [0.25, 0.3) is 0 Å². The molecule has 0 unspecified atom stereocenters. The zero-order valence-electron chi connectivity index (χ0n) is 28.0. The average molecular weight is 615 g/mol. The molecule has 2 saturated carbocycles. The summed E-state index contributed by atoms with van der Waals surface area (Å²) in [4.78, 5) is 40.4. The van der Waals surface area contributed by atoms with Crippen LogP contribution in [0.3, 0.4) is 0 Å². The summed E-state index contributed by atoms with van der Waals surface area (Å²) in [5, 5.41) is 35.6. The number of Topliss-reactive ketones (excluding diaryl/α,β-unsaturated/α-hetero) is 1. The fourth-order valence-corrected chi connectivity index (χ4v) is 9.13. The maximum absolute atomic E-state index is 13.5.